The van der Waals surface area contributed by atoms with Gasteiger partial charge in [0.05, 0.1) is 11.4 Å². The normalized spacial score (nSPS) is 12.4. The van der Waals surface area contributed by atoms with E-state index in [-0.39, 0.29) is 11.4 Å². The number of hydrogen-bond acceptors (Lipinski definition) is 3. The van der Waals surface area contributed by atoms with E-state index < -0.39 is 21.3 Å². The third kappa shape index (κ3) is 3.86. The van der Waals surface area contributed by atoms with Gasteiger partial charge in [0.25, 0.3) is 15.9 Å². The summed E-state index contributed by atoms with van der Waals surface area (Å²) in [7, 11) is -4.00. The fourth-order valence-electron chi connectivity index (χ4n) is 2.15. The smallest absolute Gasteiger partial charge is 0.266 e. The number of hydrogen-bond donors (Lipinski definition) is 0. The molecule has 2 rings (SSSR count). The van der Waals surface area contributed by atoms with Gasteiger partial charge in [0, 0.05) is 0 Å². The van der Waals surface area contributed by atoms with E-state index in [1.807, 2.05) is 6.92 Å². The van der Waals surface area contributed by atoms with Crippen LogP contribution in [0.3, 0.4) is 0 Å². The van der Waals surface area contributed by atoms with Crippen LogP contribution in [0, 0.1) is 6.92 Å². The minimum absolute atomic E-state index is 0.0419. The maximum absolute atomic E-state index is 12.8. The summed E-state index contributed by atoms with van der Waals surface area (Å²) >= 11 is 6.22. The number of aryl methyl sites for hydroxylation is 1. The van der Waals surface area contributed by atoms with Crippen LogP contribution in [-0.4, -0.2) is 25.2 Å². The number of sulfonamides is 1. The van der Waals surface area contributed by atoms with E-state index in [1.165, 1.54) is 18.2 Å². The fourth-order valence-corrected chi connectivity index (χ4v) is 3.85. The number of rotatable bonds is 6. The summed E-state index contributed by atoms with van der Waals surface area (Å²) in [6.45, 7) is 5.24. The van der Waals surface area contributed by atoms with Gasteiger partial charge in [-0.15, -0.1) is 18.2 Å². The molecule has 0 aliphatic rings. The van der Waals surface area contributed by atoms with Crippen molar-refractivity contribution < 1.29 is 13.2 Å². The molecule has 1 amide bonds. The molecule has 0 fully saturated rings. The molecule has 4 nitrogen and oxygen atoms in total. The molecule has 0 aromatic heterocycles. The van der Waals surface area contributed by atoms with Crippen LogP contribution in [0.1, 0.15) is 16.5 Å². The molecule has 0 heterocycles. The number of amides is 1. The first kappa shape index (κ1) is 18.2. The number of nitrogens with zero attached hydrogens (tertiary/aromatic N) is 1. The molecule has 0 aliphatic heterocycles. The molecule has 0 aliphatic carbocycles. The summed E-state index contributed by atoms with van der Waals surface area (Å²) in [6, 6.07) is 14.9. The van der Waals surface area contributed by atoms with E-state index in [0.29, 0.717) is 5.56 Å². The zero-order valence-electron chi connectivity index (χ0n) is 13.2. The van der Waals surface area contributed by atoms with E-state index in [9.17, 15) is 13.2 Å². The second-order valence-electron chi connectivity index (χ2n) is 5.25. The van der Waals surface area contributed by atoms with Crippen LogP contribution in [0.5, 0.6) is 0 Å². The van der Waals surface area contributed by atoms with Gasteiger partial charge in [-0.3, -0.25) is 4.79 Å². The zero-order valence-corrected chi connectivity index (χ0v) is 14.8. The van der Waals surface area contributed by atoms with E-state index in [0.717, 1.165) is 9.87 Å². The van der Waals surface area contributed by atoms with Crippen molar-refractivity contribution in [2.75, 3.05) is 6.54 Å². The molecule has 0 bridgehead atoms. The molecule has 0 saturated carbocycles. The van der Waals surface area contributed by atoms with Crippen LogP contribution >= 0.6 is 11.6 Å². The Balaban J connectivity index is 2.39. The molecular formula is C18H18ClNO3S. The van der Waals surface area contributed by atoms with Crippen molar-refractivity contribution in [3.8, 4) is 0 Å². The van der Waals surface area contributed by atoms with Crippen LogP contribution in [0.2, 0.25) is 0 Å². The molecule has 0 N–H and O–H groups in total. The van der Waals surface area contributed by atoms with Gasteiger partial charge in [-0.05, 0) is 24.6 Å². The molecule has 2 aromatic carbocycles. The summed E-state index contributed by atoms with van der Waals surface area (Å²) in [5.41, 5.74) is 1.47. The topological polar surface area (TPSA) is 54.5 Å². The van der Waals surface area contributed by atoms with Crippen molar-refractivity contribution >= 4 is 27.5 Å². The lowest BCUT2D eigenvalue weighted by atomic mass is 10.1. The maximum atomic E-state index is 12.8. The van der Waals surface area contributed by atoms with Gasteiger partial charge in [0.15, 0.2) is 0 Å². The Morgan fingerprint density at radius 3 is 2.29 bits per heavy atom. The average molecular weight is 364 g/mol. The Labute approximate surface area is 147 Å². The van der Waals surface area contributed by atoms with Gasteiger partial charge in [0.1, 0.15) is 5.38 Å². The molecule has 0 radical (unpaired) electrons. The van der Waals surface area contributed by atoms with E-state index in [2.05, 4.69) is 6.58 Å². The number of benzene rings is 2. The van der Waals surface area contributed by atoms with Crippen molar-refractivity contribution in [1.29, 1.82) is 0 Å². The number of carbonyl (C=O) groups excluding carboxylic acids is 1. The van der Waals surface area contributed by atoms with Crippen LogP contribution in [0.25, 0.3) is 0 Å². The first-order valence-corrected chi connectivity index (χ1v) is 9.18. The molecule has 0 saturated heterocycles. The second-order valence-corrected chi connectivity index (χ2v) is 7.55. The fraction of sp³-hybridized carbons (Fsp3) is 0.167. The van der Waals surface area contributed by atoms with E-state index >= 15 is 0 Å². The summed E-state index contributed by atoms with van der Waals surface area (Å²) in [4.78, 5) is 12.7. The highest BCUT2D eigenvalue weighted by Crippen LogP contribution is 2.26. The first-order valence-electron chi connectivity index (χ1n) is 7.31. The first-order chi connectivity index (χ1) is 11.4. The van der Waals surface area contributed by atoms with Crippen LogP contribution in [-0.2, 0) is 14.8 Å². The Morgan fingerprint density at radius 2 is 1.75 bits per heavy atom. The quantitative estimate of drug-likeness (QED) is 0.581. The van der Waals surface area contributed by atoms with Crippen molar-refractivity contribution in [3.05, 3.63) is 78.4 Å². The summed E-state index contributed by atoms with van der Waals surface area (Å²) in [5.74, 6) is -0.705. The third-order valence-corrected chi connectivity index (χ3v) is 5.67. The highest BCUT2D eigenvalue weighted by molar-refractivity contribution is 7.89. The standard InChI is InChI=1S/C18H18ClNO3S/c1-3-13-20(18(21)17(19)15-7-5-4-6-8-15)24(22,23)16-11-9-14(2)10-12-16/h3-12,17H,1,13H2,2H3. The highest BCUT2D eigenvalue weighted by Gasteiger charge is 2.33. The van der Waals surface area contributed by atoms with Crippen molar-refractivity contribution in [2.24, 2.45) is 0 Å². The lowest BCUT2D eigenvalue weighted by molar-refractivity contribution is -0.125. The summed E-state index contributed by atoms with van der Waals surface area (Å²) in [6.07, 6.45) is 1.36. The highest BCUT2D eigenvalue weighted by atomic mass is 35.5. The van der Waals surface area contributed by atoms with E-state index in [1.54, 1.807) is 42.5 Å². The van der Waals surface area contributed by atoms with Crippen LogP contribution < -0.4 is 0 Å². The van der Waals surface area contributed by atoms with Gasteiger partial charge in [-0.25, -0.2) is 12.7 Å². The number of carbonyl (C=O) groups is 1. The minimum Gasteiger partial charge on any atom is -0.272 e. The zero-order chi connectivity index (χ0) is 17.7. The predicted molar refractivity (Wildman–Crippen MR) is 95.3 cm³/mol. The molecule has 1 atom stereocenters. The molecule has 6 heteroatoms. The largest absolute Gasteiger partial charge is 0.272 e. The average Bonchev–Trinajstić information content (AvgIpc) is 2.59. The maximum Gasteiger partial charge on any atom is 0.266 e. The lowest BCUT2D eigenvalue weighted by Gasteiger charge is -2.23. The Morgan fingerprint density at radius 1 is 1.17 bits per heavy atom. The number of halogens is 1. The SMILES string of the molecule is C=CCN(C(=O)C(Cl)c1ccccc1)S(=O)(=O)c1ccc(C)cc1. The van der Waals surface area contributed by atoms with Gasteiger partial charge in [0.2, 0.25) is 0 Å². The monoisotopic (exact) mass is 363 g/mol. The van der Waals surface area contributed by atoms with Crippen molar-refractivity contribution in [3.63, 3.8) is 0 Å². The minimum atomic E-state index is -4.00. The molecular weight excluding hydrogens is 346 g/mol. The Kier molecular flexibility index (Phi) is 5.80. The van der Waals surface area contributed by atoms with E-state index in [4.69, 9.17) is 11.6 Å². The molecule has 2 aromatic rings. The van der Waals surface area contributed by atoms with Gasteiger partial charge in [-0.1, -0.05) is 54.1 Å². The molecule has 0 spiro atoms. The summed E-state index contributed by atoms with van der Waals surface area (Å²) < 4.78 is 26.4. The van der Waals surface area contributed by atoms with Crippen molar-refractivity contribution in [1.82, 2.24) is 4.31 Å². The summed E-state index contributed by atoms with van der Waals surface area (Å²) in [5, 5.41) is -1.09. The molecule has 126 valence electrons. The second kappa shape index (κ2) is 7.64. The predicted octanol–water partition coefficient (Wildman–Crippen LogP) is 3.68. The van der Waals surface area contributed by atoms with Gasteiger partial charge in [-0.2, -0.15) is 0 Å². The molecule has 24 heavy (non-hydrogen) atoms. The molecule has 1 unspecified atom stereocenters. The van der Waals surface area contributed by atoms with Gasteiger partial charge >= 0.3 is 0 Å². The Bertz CT molecular complexity index is 817. The van der Waals surface area contributed by atoms with Gasteiger partial charge < -0.3 is 0 Å². The Hall–Kier alpha value is -2.11. The third-order valence-electron chi connectivity index (χ3n) is 3.46. The van der Waals surface area contributed by atoms with Crippen molar-refractivity contribution in [2.45, 2.75) is 17.2 Å². The van der Waals surface area contributed by atoms with Crippen LogP contribution in [0.15, 0.2) is 72.1 Å². The lowest BCUT2D eigenvalue weighted by Crippen LogP contribution is -2.39. The number of alkyl halides is 1. The van der Waals surface area contributed by atoms with Crippen LogP contribution in [0.4, 0.5) is 0 Å².